The van der Waals surface area contributed by atoms with Crippen molar-refractivity contribution >= 4 is 17.9 Å². The standard InChI is InChI=1S/C63H100O6/c1-4-7-10-13-16-19-22-25-28-31-34-37-40-43-46-49-52-55-61(64)67-58-60(69-63(66)57-54-51-48-45-42-39-36-33-30-27-24-21-18-15-12-9-6-3)59-68-62(65)56-53-50-47-44-41-38-35-32-29-26-23-20-17-14-11-8-5-2/h9,12,16-21,25-30,34,36-37,39,43,45-46,48,60H,4-8,10-11,13-15,22-24,31-33,35,38,40-42,44,47,49-59H2,1-3H3/b12-9-,19-16-,20-17-,21-18-,28-25-,29-26-,30-27-,37-34-,39-36-,46-43-,48-45-/t60-/m1/s1. The minimum absolute atomic E-state index is 0.126. The van der Waals surface area contributed by atoms with Crippen LogP contribution in [0, 0.1) is 0 Å². The van der Waals surface area contributed by atoms with E-state index in [1.165, 1.54) is 77.0 Å². The highest BCUT2D eigenvalue weighted by atomic mass is 16.6. The molecule has 0 aliphatic heterocycles. The number of unbranched alkanes of at least 4 members (excludes halogenated alkanes) is 15. The Morgan fingerprint density at radius 2 is 0.580 bits per heavy atom. The number of rotatable bonds is 48. The fourth-order valence-electron chi connectivity index (χ4n) is 6.97. The maximum Gasteiger partial charge on any atom is 0.306 e. The molecule has 0 saturated carbocycles. The first-order valence-electron chi connectivity index (χ1n) is 27.7. The molecule has 0 bridgehead atoms. The quantitative estimate of drug-likeness (QED) is 0.0262. The second kappa shape index (κ2) is 56.1. The molecular weight excluding hydrogens is 853 g/mol. The van der Waals surface area contributed by atoms with Crippen LogP contribution in [0.15, 0.2) is 134 Å². The van der Waals surface area contributed by atoms with Gasteiger partial charge in [0.1, 0.15) is 13.2 Å². The first kappa shape index (κ1) is 64.5. The summed E-state index contributed by atoms with van der Waals surface area (Å²) in [6.45, 7) is 6.36. The zero-order chi connectivity index (χ0) is 50.0. The van der Waals surface area contributed by atoms with Gasteiger partial charge in [0.15, 0.2) is 6.10 Å². The molecular formula is C63H100O6. The highest BCUT2D eigenvalue weighted by molar-refractivity contribution is 5.71. The third-order valence-corrected chi connectivity index (χ3v) is 11.1. The number of carbonyl (C=O) groups is 3. The van der Waals surface area contributed by atoms with E-state index in [0.29, 0.717) is 19.3 Å². The van der Waals surface area contributed by atoms with Gasteiger partial charge in [0.2, 0.25) is 0 Å². The SMILES string of the molecule is CC/C=C\C/C=C\C/C=C\C/C=C\C/C=C\CCCC(=O)O[C@H](COC(=O)CCC/C=C\C/C=C\C/C=C\C/C=C\CCCCC)COC(=O)CCCCCCCCC/C=C\C/C=C\CCCCC. The van der Waals surface area contributed by atoms with E-state index < -0.39 is 6.10 Å². The summed E-state index contributed by atoms with van der Waals surface area (Å²) in [6, 6.07) is 0. The number of esters is 3. The molecule has 0 aliphatic carbocycles. The average Bonchev–Trinajstić information content (AvgIpc) is 3.35. The Morgan fingerprint density at radius 1 is 0.304 bits per heavy atom. The van der Waals surface area contributed by atoms with Crippen molar-refractivity contribution in [2.24, 2.45) is 0 Å². The van der Waals surface area contributed by atoms with Gasteiger partial charge in [0.05, 0.1) is 0 Å². The van der Waals surface area contributed by atoms with Crippen LogP contribution in [0.2, 0.25) is 0 Å². The van der Waals surface area contributed by atoms with Crippen LogP contribution in [-0.2, 0) is 28.6 Å². The van der Waals surface area contributed by atoms with Crippen LogP contribution >= 0.6 is 0 Å². The van der Waals surface area contributed by atoms with Crippen molar-refractivity contribution in [2.45, 2.75) is 232 Å². The molecule has 0 aliphatic rings. The molecule has 0 rings (SSSR count). The molecule has 0 N–H and O–H groups in total. The number of hydrogen-bond acceptors (Lipinski definition) is 6. The van der Waals surface area contributed by atoms with Gasteiger partial charge < -0.3 is 14.2 Å². The number of ether oxygens (including phenoxy) is 3. The molecule has 0 saturated heterocycles. The monoisotopic (exact) mass is 953 g/mol. The predicted molar refractivity (Wildman–Crippen MR) is 297 cm³/mol. The maximum absolute atomic E-state index is 12.8. The average molecular weight is 953 g/mol. The second-order valence-corrected chi connectivity index (χ2v) is 17.7. The Morgan fingerprint density at radius 3 is 0.942 bits per heavy atom. The Kier molecular flexibility index (Phi) is 52.5. The first-order chi connectivity index (χ1) is 34.0. The molecule has 0 aromatic carbocycles. The zero-order valence-corrected chi connectivity index (χ0v) is 44.3. The van der Waals surface area contributed by atoms with Crippen LogP contribution in [0.3, 0.4) is 0 Å². The molecule has 0 amide bonds. The topological polar surface area (TPSA) is 78.9 Å². The van der Waals surface area contributed by atoms with Crippen LogP contribution in [-0.4, -0.2) is 37.2 Å². The van der Waals surface area contributed by atoms with E-state index in [9.17, 15) is 14.4 Å². The number of carbonyl (C=O) groups excluding carboxylic acids is 3. The summed E-state index contributed by atoms with van der Waals surface area (Å²) in [7, 11) is 0. The van der Waals surface area contributed by atoms with Crippen molar-refractivity contribution in [3.8, 4) is 0 Å². The van der Waals surface area contributed by atoms with Crippen molar-refractivity contribution in [3.63, 3.8) is 0 Å². The van der Waals surface area contributed by atoms with Crippen molar-refractivity contribution in [1.29, 1.82) is 0 Å². The highest BCUT2D eigenvalue weighted by Gasteiger charge is 2.19. The summed E-state index contributed by atoms with van der Waals surface area (Å²) in [5.41, 5.74) is 0. The summed E-state index contributed by atoms with van der Waals surface area (Å²) >= 11 is 0. The zero-order valence-electron chi connectivity index (χ0n) is 44.3. The molecule has 0 aromatic rings. The smallest absolute Gasteiger partial charge is 0.306 e. The van der Waals surface area contributed by atoms with E-state index in [1.807, 2.05) is 0 Å². The van der Waals surface area contributed by atoms with Gasteiger partial charge in [0, 0.05) is 19.3 Å². The van der Waals surface area contributed by atoms with Gasteiger partial charge in [-0.1, -0.05) is 212 Å². The van der Waals surface area contributed by atoms with Gasteiger partial charge in [-0.3, -0.25) is 14.4 Å². The third kappa shape index (κ3) is 54.4. The lowest BCUT2D eigenvalue weighted by atomic mass is 10.1. The molecule has 0 fully saturated rings. The first-order valence-corrected chi connectivity index (χ1v) is 27.7. The molecule has 388 valence electrons. The van der Waals surface area contributed by atoms with Crippen LogP contribution in [0.1, 0.15) is 226 Å². The van der Waals surface area contributed by atoms with E-state index >= 15 is 0 Å². The summed E-state index contributed by atoms with van der Waals surface area (Å²) < 4.78 is 16.7. The Hall–Kier alpha value is -4.45. The van der Waals surface area contributed by atoms with Gasteiger partial charge in [-0.15, -0.1) is 0 Å². The Bertz CT molecular complexity index is 1510. The Labute approximate surface area is 424 Å². The molecule has 0 unspecified atom stereocenters. The molecule has 0 aromatic heterocycles. The lowest BCUT2D eigenvalue weighted by molar-refractivity contribution is -0.167. The predicted octanol–water partition coefficient (Wildman–Crippen LogP) is 18.6. The summed E-state index contributed by atoms with van der Waals surface area (Å²) in [6.07, 6.45) is 78.7. The molecule has 0 heterocycles. The van der Waals surface area contributed by atoms with Gasteiger partial charge >= 0.3 is 17.9 Å². The van der Waals surface area contributed by atoms with Crippen LogP contribution in [0.5, 0.6) is 0 Å². The largest absolute Gasteiger partial charge is 0.462 e. The highest BCUT2D eigenvalue weighted by Crippen LogP contribution is 2.12. The van der Waals surface area contributed by atoms with E-state index in [-0.39, 0.29) is 44.0 Å². The summed E-state index contributed by atoms with van der Waals surface area (Å²) in [5.74, 6) is -1.06. The summed E-state index contributed by atoms with van der Waals surface area (Å²) in [4.78, 5) is 38.1. The minimum Gasteiger partial charge on any atom is -0.462 e. The van der Waals surface area contributed by atoms with Crippen molar-refractivity contribution in [1.82, 2.24) is 0 Å². The van der Waals surface area contributed by atoms with Gasteiger partial charge in [-0.25, -0.2) is 0 Å². The van der Waals surface area contributed by atoms with Crippen molar-refractivity contribution < 1.29 is 28.6 Å². The molecule has 6 nitrogen and oxygen atoms in total. The number of allylic oxidation sites excluding steroid dienone is 22. The van der Waals surface area contributed by atoms with Crippen LogP contribution in [0.25, 0.3) is 0 Å². The molecule has 69 heavy (non-hydrogen) atoms. The molecule has 6 heteroatoms. The van der Waals surface area contributed by atoms with Gasteiger partial charge in [0.25, 0.3) is 0 Å². The van der Waals surface area contributed by atoms with E-state index in [1.54, 1.807) is 0 Å². The Balaban J connectivity index is 4.60. The molecule has 0 radical (unpaired) electrons. The fourth-order valence-corrected chi connectivity index (χ4v) is 6.97. The lowest BCUT2D eigenvalue weighted by Gasteiger charge is -2.18. The van der Waals surface area contributed by atoms with E-state index in [2.05, 4.69) is 154 Å². The van der Waals surface area contributed by atoms with Crippen molar-refractivity contribution in [2.75, 3.05) is 13.2 Å². The van der Waals surface area contributed by atoms with Crippen LogP contribution < -0.4 is 0 Å². The molecule has 1 atom stereocenters. The third-order valence-electron chi connectivity index (χ3n) is 11.1. The second-order valence-electron chi connectivity index (χ2n) is 17.7. The fraction of sp³-hybridized carbons (Fsp3) is 0.603. The van der Waals surface area contributed by atoms with Crippen LogP contribution in [0.4, 0.5) is 0 Å². The van der Waals surface area contributed by atoms with E-state index in [0.717, 1.165) is 96.3 Å². The lowest BCUT2D eigenvalue weighted by Crippen LogP contribution is -2.30. The number of hydrogen-bond donors (Lipinski definition) is 0. The molecule has 0 spiro atoms. The van der Waals surface area contributed by atoms with E-state index in [4.69, 9.17) is 14.2 Å². The summed E-state index contributed by atoms with van der Waals surface area (Å²) in [5, 5.41) is 0. The van der Waals surface area contributed by atoms with Gasteiger partial charge in [-0.2, -0.15) is 0 Å². The van der Waals surface area contributed by atoms with Gasteiger partial charge in [-0.05, 0) is 128 Å². The minimum atomic E-state index is -0.838. The normalized spacial score (nSPS) is 13.1. The van der Waals surface area contributed by atoms with Crippen molar-refractivity contribution in [3.05, 3.63) is 134 Å². The maximum atomic E-state index is 12.8.